The summed E-state index contributed by atoms with van der Waals surface area (Å²) in [7, 11) is 0. The number of carboxylic acid groups (broad SMARTS) is 1. The molecule has 24 heavy (non-hydrogen) atoms. The average Bonchev–Trinajstić information content (AvgIpc) is 2.91. The number of aromatic nitrogens is 4. The minimum Gasteiger partial charge on any atom is -0.477 e. The van der Waals surface area contributed by atoms with Gasteiger partial charge in [-0.1, -0.05) is 16.9 Å². The number of hydrogen-bond donors (Lipinski definition) is 3. The van der Waals surface area contributed by atoms with Crippen LogP contribution < -0.4 is 11.2 Å². The molecule has 3 heterocycles. The molecule has 2 atom stereocenters. The molecule has 12 heteroatoms. The topological polar surface area (TPSA) is 139 Å². The number of nitrogens with two attached hydrogens (primary N) is 1. The van der Waals surface area contributed by atoms with E-state index in [1.165, 1.54) is 33.2 Å². The van der Waals surface area contributed by atoms with Crippen molar-refractivity contribution in [2.45, 2.75) is 42.2 Å². The third-order valence-electron chi connectivity index (χ3n) is 3.48. The van der Waals surface area contributed by atoms with E-state index in [1.54, 1.807) is 0 Å². The van der Waals surface area contributed by atoms with Crippen LogP contribution in [0.15, 0.2) is 16.4 Å². The van der Waals surface area contributed by atoms with Gasteiger partial charge in [0.2, 0.25) is 11.1 Å². The molecule has 1 aromatic heterocycles. The molecule has 0 aromatic carbocycles. The highest BCUT2D eigenvalue weighted by molar-refractivity contribution is 8.01. The fourth-order valence-corrected chi connectivity index (χ4v) is 4.73. The van der Waals surface area contributed by atoms with E-state index in [1.807, 2.05) is 13.8 Å². The number of aliphatic carboxylic acids is 1. The van der Waals surface area contributed by atoms with Crippen LogP contribution in [0, 0.1) is 0 Å². The molecule has 1 unspecified atom stereocenters. The smallest absolute Gasteiger partial charge is 0.352 e. The molecule has 0 spiro atoms. The normalized spacial score (nSPS) is 23.3. The monoisotopic (exact) mass is 371 g/mol. The van der Waals surface area contributed by atoms with Crippen molar-refractivity contribution in [2.24, 2.45) is 5.73 Å². The molecule has 130 valence electrons. The Kier molecular flexibility index (Phi) is 4.69. The summed E-state index contributed by atoms with van der Waals surface area (Å²) in [5.41, 5.74) is 9.65. The quantitative estimate of drug-likeness (QED) is 0.449. The molecule has 2 aliphatic heterocycles. The third-order valence-corrected chi connectivity index (χ3v) is 5.72. The lowest BCUT2D eigenvalue weighted by Crippen LogP contribution is -2.56. The van der Waals surface area contributed by atoms with Gasteiger partial charge in [-0.15, -0.1) is 16.6 Å². The maximum atomic E-state index is 11.8. The highest BCUT2D eigenvalue weighted by atomic mass is 32.2. The second kappa shape index (κ2) is 6.61. The number of amides is 1. The van der Waals surface area contributed by atoms with Crippen LogP contribution in [0.2, 0.25) is 0 Å². The van der Waals surface area contributed by atoms with Gasteiger partial charge in [-0.2, -0.15) is 0 Å². The number of thioether (sulfide) groups is 2. The number of rotatable bonds is 6. The van der Waals surface area contributed by atoms with Gasteiger partial charge in [0.1, 0.15) is 5.70 Å². The van der Waals surface area contributed by atoms with Crippen molar-refractivity contribution in [3.05, 3.63) is 11.3 Å². The summed E-state index contributed by atoms with van der Waals surface area (Å²) in [6.07, 6.45) is 0.326. The van der Waals surface area contributed by atoms with Gasteiger partial charge in [0.15, 0.2) is 0 Å². The zero-order chi connectivity index (χ0) is 17.4. The van der Waals surface area contributed by atoms with Gasteiger partial charge in [-0.05, 0) is 29.8 Å². The van der Waals surface area contributed by atoms with Crippen LogP contribution in [-0.4, -0.2) is 64.7 Å². The molecule has 1 amide bonds. The van der Waals surface area contributed by atoms with Crippen molar-refractivity contribution in [1.29, 1.82) is 0 Å². The predicted octanol–water partition coefficient (Wildman–Crippen LogP) is -0.354. The second-order valence-corrected chi connectivity index (χ2v) is 7.87. The number of carbonyl (C=O) groups excluding carboxylic acids is 1. The summed E-state index contributed by atoms with van der Waals surface area (Å²) in [6.45, 7) is 3.90. The molecule has 1 saturated heterocycles. The van der Waals surface area contributed by atoms with Crippen LogP contribution >= 0.6 is 23.5 Å². The van der Waals surface area contributed by atoms with Crippen molar-refractivity contribution in [3.63, 3.8) is 0 Å². The van der Waals surface area contributed by atoms with Crippen molar-refractivity contribution in [3.8, 4) is 0 Å². The maximum Gasteiger partial charge on any atom is 0.352 e. The van der Waals surface area contributed by atoms with E-state index in [9.17, 15) is 14.7 Å². The molecule has 10 nitrogen and oxygen atoms in total. The van der Waals surface area contributed by atoms with Crippen molar-refractivity contribution in [2.75, 3.05) is 11.2 Å². The van der Waals surface area contributed by atoms with E-state index < -0.39 is 11.3 Å². The Labute approximate surface area is 146 Å². The Morgan fingerprint density at radius 1 is 1.58 bits per heavy atom. The number of carboxylic acids is 1. The number of β-lactam (4-membered cyclic amide) rings is 1. The van der Waals surface area contributed by atoms with E-state index in [0.29, 0.717) is 17.2 Å². The average molecular weight is 371 g/mol. The molecular weight excluding hydrogens is 354 g/mol. The molecule has 2 aliphatic rings. The van der Waals surface area contributed by atoms with Crippen molar-refractivity contribution < 1.29 is 14.7 Å². The number of nitrogens with one attached hydrogen (secondary N) is 1. The van der Waals surface area contributed by atoms with Gasteiger partial charge in [-0.25, -0.2) is 4.79 Å². The first-order valence-corrected chi connectivity index (χ1v) is 9.18. The minimum absolute atomic E-state index is 0.00848. The lowest BCUT2D eigenvalue weighted by molar-refractivity contribution is -0.146. The second-order valence-electron chi connectivity index (χ2n) is 5.60. The Morgan fingerprint density at radius 3 is 2.96 bits per heavy atom. The molecule has 4 N–H and O–H groups in total. The van der Waals surface area contributed by atoms with Crippen LogP contribution in [0.3, 0.4) is 0 Å². The Morgan fingerprint density at radius 2 is 2.33 bits per heavy atom. The standard InChI is InChI=1S/C12H17N7O3S2/c1-5(2)15-19-12(14-16-17-19)23-4-6-9(11(21)22)18-7(20)3-8(18)24-10(6)13/h5,8,10,15H,3-4,13H2,1-2H3,(H,21,22)/t8-,10?/m1/s1. The SMILES string of the molecule is CC(C)Nn1nnnc1SCC1=C(C(=O)O)N2C(=O)C[C@H]2SC1N. The largest absolute Gasteiger partial charge is 0.477 e. The first-order valence-electron chi connectivity index (χ1n) is 7.25. The van der Waals surface area contributed by atoms with Crippen molar-refractivity contribution in [1.82, 2.24) is 25.2 Å². The van der Waals surface area contributed by atoms with Crippen LogP contribution in [-0.2, 0) is 9.59 Å². The van der Waals surface area contributed by atoms with Gasteiger partial charge >= 0.3 is 5.97 Å². The van der Waals surface area contributed by atoms with Crippen molar-refractivity contribution >= 4 is 35.4 Å². The van der Waals surface area contributed by atoms with Gasteiger partial charge in [0.05, 0.1) is 17.2 Å². The zero-order valence-corrected chi connectivity index (χ0v) is 14.7. The molecular formula is C12H17N7O3S2. The first kappa shape index (κ1) is 17.0. The molecule has 1 aromatic rings. The summed E-state index contributed by atoms with van der Waals surface area (Å²) in [4.78, 5) is 26.2. The van der Waals surface area contributed by atoms with E-state index in [-0.39, 0.29) is 28.8 Å². The molecule has 3 rings (SSSR count). The predicted molar refractivity (Wildman–Crippen MR) is 88.5 cm³/mol. The molecule has 0 saturated carbocycles. The van der Waals surface area contributed by atoms with Gasteiger partial charge in [-0.3, -0.25) is 9.69 Å². The summed E-state index contributed by atoms with van der Waals surface area (Å²) in [6, 6.07) is 0.133. The van der Waals surface area contributed by atoms with Crippen LogP contribution in [0.5, 0.6) is 0 Å². The van der Waals surface area contributed by atoms with E-state index in [4.69, 9.17) is 5.73 Å². The fourth-order valence-electron chi connectivity index (χ4n) is 2.43. The Balaban J connectivity index is 1.82. The number of tetrazole rings is 1. The lowest BCUT2D eigenvalue weighted by Gasteiger charge is -2.45. The van der Waals surface area contributed by atoms with Gasteiger partial charge < -0.3 is 16.3 Å². The Bertz CT molecular complexity index is 705. The molecule has 0 radical (unpaired) electrons. The highest BCUT2D eigenvalue weighted by Crippen LogP contribution is 2.43. The maximum absolute atomic E-state index is 11.8. The number of nitrogens with zero attached hydrogens (tertiary/aromatic N) is 5. The summed E-state index contributed by atoms with van der Waals surface area (Å²) < 4.78 is 0. The third kappa shape index (κ3) is 3.08. The molecule has 1 fully saturated rings. The van der Waals surface area contributed by atoms with Gasteiger partial charge in [0, 0.05) is 11.8 Å². The molecule has 0 bridgehead atoms. The highest BCUT2D eigenvalue weighted by Gasteiger charge is 2.47. The number of fused-ring (bicyclic) bond motifs is 1. The minimum atomic E-state index is -1.14. The fraction of sp³-hybridized carbons (Fsp3) is 0.583. The number of hydrogen-bond acceptors (Lipinski definition) is 9. The summed E-state index contributed by atoms with van der Waals surface area (Å²) >= 11 is 2.66. The number of carbonyl (C=O) groups is 2. The summed E-state index contributed by atoms with van der Waals surface area (Å²) in [5, 5.41) is 20.7. The van der Waals surface area contributed by atoms with E-state index in [0.717, 1.165) is 0 Å². The van der Waals surface area contributed by atoms with Crippen LogP contribution in [0.1, 0.15) is 20.3 Å². The van der Waals surface area contributed by atoms with Crippen LogP contribution in [0.25, 0.3) is 0 Å². The van der Waals surface area contributed by atoms with Crippen LogP contribution in [0.4, 0.5) is 0 Å². The molecule has 0 aliphatic carbocycles. The first-order chi connectivity index (χ1) is 11.4. The van der Waals surface area contributed by atoms with Gasteiger partial charge in [0.25, 0.3) is 0 Å². The van der Waals surface area contributed by atoms with E-state index in [2.05, 4.69) is 21.0 Å². The lowest BCUT2D eigenvalue weighted by atomic mass is 10.1. The zero-order valence-electron chi connectivity index (χ0n) is 13.0. The summed E-state index contributed by atoms with van der Waals surface area (Å²) in [5.74, 6) is -1.04. The Hall–Kier alpha value is -1.79. The van der Waals surface area contributed by atoms with E-state index >= 15 is 0 Å².